The predicted molar refractivity (Wildman–Crippen MR) is 53.0 cm³/mol. The molecule has 0 amide bonds. The summed E-state index contributed by atoms with van der Waals surface area (Å²) in [5, 5.41) is 0. The van der Waals surface area contributed by atoms with Gasteiger partial charge in [0.2, 0.25) is 0 Å². The molecule has 0 spiro atoms. The molecule has 0 saturated heterocycles. The van der Waals surface area contributed by atoms with Gasteiger partial charge in [-0.15, -0.1) is 0 Å². The maximum absolute atomic E-state index is 13.5. The van der Waals surface area contributed by atoms with Crippen LogP contribution >= 0.6 is 0 Å². The van der Waals surface area contributed by atoms with Crippen LogP contribution in [0.2, 0.25) is 0 Å². The molecule has 0 heterocycles. The summed E-state index contributed by atoms with van der Waals surface area (Å²) in [5.41, 5.74) is -3.33. The van der Waals surface area contributed by atoms with Crippen LogP contribution in [0.1, 0.15) is 20.8 Å². The highest BCUT2D eigenvalue weighted by Crippen LogP contribution is 2.40. The van der Waals surface area contributed by atoms with E-state index in [-0.39, 0.29) is 0 Å². The Morgan fingerprint density at radius 2 is 1.31 bits per heavy atom. The third-order valence-electron chi connectivity index (χ3n) is 1.94. The molecule has 0 aliphatic heterocycles. The zero-order valence-electron chi connectivity index (χ0n) is 9.30. The van der Waals surface area contributed by atoms with Crippen LogP contribution in [0.5, 0.6) is 0 Å². The molecule has 16 heavy (non-hydrogen) atoms. The van der Waals surface area contributed by atoms with E-state index in [0.29, 0.717) is 0 Å². The van der Waals surface area contributed by atoms with Crippen LogP contribution in [0.4, 0.5) is 22.0 Å². The van der Waals surface area contributed by atoms with Crippen LogP contribution in [-0.2, 0) is 0 Å². The molecule has 0 saturated carbocycles. The van der Waals surface area contributed by atoms with Crippen molar-refractivity contribution >= 4 is 0 Å². The fraction of sp³-hybridized carbons (Fsp3) is 0.455. The van der Waals surface area contributed by atoms with Crippen LogP contribution in [-0.4, -0.2) is 6.18 Å². The highest BCUT2D eigenvalue weighted by molar-refractivity contribution is 5.41. The standard InChI is InChI=1S/C11H13F5/c1-6(10(3,4)5)9(13)8(7(2)12)11(14,15)16/h1-2H2,3-5H3/b9-8-. The lowest BCUT2D eigenvalue weighted by Gasteiger charge is -2.22. The lowest BCUT2D eigenvalue weighted by Crippen LogP contribution is -2.18. The van der Waals surface area contributed by atoms with Crippen molar-refractivity contribution in [1.29, 1.82) is 0 Å². The van der Waals surface area contributed by atoms with Gasteiger partial charge in [-0.3, -0.25) is 0 Å². The maximum atomic E-state index is 13.5. The first-order valence-corrected chi connectivity index (χ1v) is 4.40. The zero-order chi connectivity index (χ0) is 13.3. The molecule has 0 radical (unpaired) electrons. The summed E-state index contributed by atoms with van der Waals surface area (Å²) in [6.07, 6.45) is -5.12. The Balaban J connectivity index is 5.67. The topological polar surface area (TPSA) is 0 Å². The van der Waals surface area contributed by atoms with Crippen molar-refractivity contribution < 1.29 is 22.0 Å². The Labute approximate surface area is 91.1 Å². The van der Waals surface area contributed by atoms with E-state index in [1.54, 1.807) is 0 Å². The Bertz CT molecular complexity index is 338. The van der Waals surface area contributed by atoms with E-state index in [1.165, 1.54) is 20.8 Å². The minimum absolute atomic E-state index is 0.418. The minimum atomic E-state index is -5.12. The number of rotatable bonds is 2. The van der Waals surface area contributed by atoms with E-state index in [4.69, 9.17) is 0 Å². The molecule has 0 aliphatic rings. The second-order valence-electron chi connectivity index (χ2n) is 4.32. The van der Waals surface area contributed by atoms with Gasteiger partial charge in [0, 0.05) is 0 Å². The molecular formula is C11H13F5. The Morgan fingerprint density at radius 3 is 1.50 bits per heavy atom. The van der Waals surface area contributed by atoms with Crippen molar-refractivity contribution in [3.05, 3.63) is 36.0 Å². The molecule has 0 bridgehead atoms. The van der Waals surface area contributed by atoms with Crippen molar-refractivity contribution in [3.63, 3.8) is 0 Å². The molecule has 0 nitrogen and oxygen atoms in total. The predicted octanol–water partition coefficient (Wildman–Crippen LogP) is 4.86. The normalized spacial score (nSPS) is 14.5. The van der Waals surface area contributed by atoms with E-state index in [0.717, 1.165) is 0 Å². The van der Waals surface area contributed by atoms with E-state index in [2.05, 4.69) is 13.2 Å². The quantitative estimate of drug-likeness (QED) is 0.477. The third kappa shape index (κ3) is 3.47. The highest BCUT2D eigenvalue weighted by atomic mass is 19.4. The smallest absolute Gasteiger partial charge is 0.207 e. The first-order valence-electron chi connectivity index (χ1n) is 4.40. The van der Waals surface area contributed by atoms with Crippen LogP contribution in [0.25, 0.3) is 0 Å². The number of allylic oxidation sites excluding steroid dienone is 4. The van der Waals surface area contributed by atoms with Gasteiger partial charge in [-0.1, -0.05) is 33.9 Å². The number of alkyl halides is 3. The third-order valence-corrected chi connectivity index (χ3v) is 1.94. The van der Waals surface area contributed by atoms with Crippen molar-refractivity contribution in [3.8, 4) is 0 Å². The molecule has 0 aromatic rings. The van der Waals surface area contributed by atoms with Crippen LogP contribution in [0, 0.1) is 5.41 Å². The van der Waals surface area contributed by atoms with Gasteiger partial charge in [0.15, 0.2) is 0 Å². The van der Waals surface area contributed by atoms with Crippen LogP contribution in [0.15, 0.2) is 36.0 Å². The number of halogens is 5. The Morgan fingerprint density at radius 1 is 0.938 bits per heavy atom. The Kier molecular flexibility index (Phi) is 4.08. The van der Waals surface area contributed by atoms with Gasteiger partial charge >= 0.3 is 6.18 Å². The average molecular weight is 240 g/mol. The van der Waals surface area contributed by atoms with Crippen molar-refractivity contribution in [1.82, 2.24) is 0 Å². The zero-order valence-corrected chi connectivity index (χ0v) is 9.30. The van der Waals surface area contributed by atoms with E-state index < -0.39 is 34.4 Å². The summed E-state index contributed by atoms with van der Waals surface area (Å²) < 4.78 is 63.1. The van der Waals surface area contributed by atoms with Gasteiger partial charge in [-0.2, -0.15) is 13.2 Å². The number of hydrogen-bond acceptors (Lipinski definition) is 0. The number of hydrogen-bond donors (Lipinski definition) is 0. The highest BCUT2D eigenvalue weighted by Gasteiger charge is 2.41. The molecule has 5 heteroatoms. The maximum Gasteiger partial charge on any atom is 0.422 e. The Hall–Kier alpha value is -1.13. The molecule has 92 valence electrons. The van der Waals surface area contributed by atoms with Gasteiger partial charge < -0.3 is 0 Å². The molecule has 0 atom stereocenters. The van der Waals surface area contributed by atoms with E-state index >= 15 is 0 Å². The molecule has 0 aliphatic carbocycles. The molecule has 0 unspecified atom stereocenters. The molecule has 0 N–H and O–H groups in total. The van der Waals surface area contributed by atoms with Gasteiger partial charge in [-0.25, -0.2) is 8.78 Å². The molecular weight excluding hydrogens is 227 g/mol. The summed E-state index contributed by atoms with van der Waals surface area (Å²) in [6, 6.07) is 0. The lowest BCUT2D eigenvalue weighted by atomic mass is 9.85. The second kappa shape index (κ2) is 4.39. The van der Waals surface area contributed by atoms with E-state index in [1.807, 2.05) is 0 Å². The van der Waals surface area contributed by atoms with E-state index in [9.17, 15) is 22.0 Å². The SMILES string of the molecule is C=C(F)/C(=C(/F)C(=C)C(C)(C)C)C(F)(F)F. The molecule has 0 fully saturated rings. The van der Waals surface area contributed by atoms with Gasteiger partial charge in [0.25, 0.3) is 0 Å². The molecule has 0 aromatic heterocycles. The van der Waals surface area contributed by atoms with Gasteiger partial charge in [-0.05, 0) is 11.0 Å². The van der Waals surface area contributed by atoms with Crippen molar-refractivity contribution in [2.24, 2.45) is 5.41 Å². The van der Waals surface area contributed by atoms with Crippen molar-refractivity contribution in [2.45, 2.75) is 26.9 Å². The van der Waals surface area contributed by atoms with Gasteiger partial charge in [0.05, 0.1) is 0 Å². The summed E-state index contributed by atoms with van der Waals surface area (Å²) >= 11 is 0. The first kappa shape index (κ1) is 14.9. The monoisotopic (exact) mass is 240 g/mol. The average Bonchev–Trinajstić information content (AvgIpc) is 1.97. The second-order valence-corrected chi connectivity index (χ2v) is 4.32. The summed E-state index contributed by atoms with van der Waals surface area (Å²) in [7, 11) is 0. The summed E-state index contributed by atoms with van der Waals surface area (Å²) in [6.45, 7) is 10.1. The minimum Gasteiger partial charge on any atom is -0.207 e. The van der Waals surface area contributed by atoms with Crippen LogP contribution in [0.3, 0.4) is 0 Å². The largest absolute Gasteiger partial charge is 0.422 e. The molecule has 0 aromatic carbocycles. The molecule has 0 rings (SSSR count). The lowest BCUT2D eigenvalue weighted by molar-refractivity contribution is -0.0927. The van der Waals surface area contributed by atoms with Crippen LogP contribution < -0.4 is 0 Å². The summed E-state index contributed by atoms with van der Waals surface area (Å²) in [5.74, 6) is -3.55. The fourth-order valence-electron chi connectivity index (χ4n) is 0.877. The van der Waals surface area contributed by atoms with Crippen molar-refractivity contribution in [2.75, 3.05) is 0 Å². The summed E-state index contributed by atoms with van der Waals surface area (Å²) in [4.78, 5) is 0. The first-order chi connectivity index (χ1) is 6.89. The van der Waals surface area contributed by atoms with Gasteiger partial charge in [0.1, 0.15) is 17.2 Å². The fourth-order valence-corrected chi connectivity index (χ4v) is 0.877.